The van der Waals surface area contributed by atoms with Crippen LogP contribution in [0.3, 0.4) is 0 Å². The number of rotatable bonds is 7. The zero-order chi connectivity index (χ0) is 15.2. The quantitative estimate of drug-likeness (QED) is 0.757. The normalized spacial score (nSPS) is 10.9. The highest BCUT2D eigenvalue weighted by Gasteiger charge is 2.08. The molecule has 1 aromatic heterocycles. The first-order valence-electron chi connectivity index (χ1n) is 7.28. The smallest absolute Gasteiger partial charge is 0.120 e. The summed E-state index contributed by atoms with van der Waals surface area (Å²) in [6.07, 6.45) is 1.12. The molecule has 1 aromatic carbocycles. The Balaban J connectivity index is 1.94. The third-order valence-electron chi connectivity index (χ3n) is 3.32. The Bertz CT molecular complexity index is 592. The lowest BCUT2D eigenvalue weighted by Crippen LogP contribution is -2.13. The average Bonchev–Trinajstić information content (AvgIpc) is 2.81. The lowest BCUT2D eigenvalue weighted by molar-refractivity contribution is 0.303. The van der Waals surface area contributed by atoms with E-state index in [9.17, 15) is 0 Å². The van der Waals surface area contributed by atoms with Gasteiger partial charge in [0.1, 0.15) is 23.9 Å². The van der Waals surface area contributed by atoms with Gasteiger partial charge in [0.05, 0.1) is 6.54 Å². The van der Waals surface area contributed by atoms with E-state index in [0.717, 1.165) is 52.9 Å². The topological polar surface area (TPSA) is 34.4 Å². The van der Waals surface area contributed by atoms with Crippen molar-refractivity contribution in [1.29, 1.82) is 0 Å². The molecule has 1 heterocycles. The summed E-state index contributed by atoms with van der Waals surface area (Å²) < 4.78 is 11.5. The number of furan rings is 1. The van der Waals surface area contributed by atoms with Crippen molar-refractivity contribution in [3.05, 3.63) is 51.9 Å². The molecule has 2 aromatic rings. The first-order valence-corrected chi connectivity index (χ1v) is 7.65. The van der Waals surface area contributed by atoms with Crippen molar-refractivity contribution in [3.8, 4) is 5.75 Å². The molecule has 114 valence electrons. The SMILES string of the molecule is CCCNCc1cc(COc2ccc(Cl)c(C)c2)c(C)o1. The molecule has 0 atom stereocenters. The van der Waals surface area contributed by atoms with Gasteiger partial charge in [0.15, 0.2) is 0 Å². The van der Waals surface area contributed by atoms with Crippen molar-refractivity contribution < 1.29 is 9.15 Å². The van der Waals surface area contributed by atoms with E-state index in [4.69, 9.17) is 20.8 Å². The summed E-state index contributed by atoms with van der Waals surface area (Å²) in [7, 11) is 0. The number of benzene rings is 1. The maximum atomic E-state index is 6.01. The van der Waals surface area contributed by atoms with E-state index < -0.39 is 0 Å². The Morgan fingerprint density at radius 1 is 1.24 bits per heavy atom. The van der Waals surface area contributed by atoms with Crippen LogP contribution in [0.25, 0.3) is 0 Å². The van der Waals surface area contributed by atoms with Gasteiger partial charge < -0.3 is 14.5 Å². The van der Waals surface area contributed by atoms with Crippen LogP contribution in [0.2, 0.25) is 5.02 Å². The van der Waals surface area contributed by atoms with Gasteiger partial charge in [0.2, 0.25) is 0 Å². The van der Waals surface area contributed by atoms with Crippen molar-refractivity contribution in [2.24, 2.45) is 0 Å². The van der Waals surface area contributed by atoms with Crippen LogP contribution >= 0.6 is 11.6 Å². The van der Waals surface area contributed by atoms with Gasteiger partial charge in [-0.3, -0.25) is 0 Å². The van der Waals surface area contributed by atoms with Crippen molar-refractivity contribution in [2.45, 2.75) is 40.3 Å². The Labute approximate surface area is 131 Å². The molecule has 0 radical (unpaired) electrons. The van der Waals surface area contributed by atoms with Crippen LogP contribution in [0.5, 0.6) is 5.75 Å². The van der Waals surface area contributed by atoms with Gasteiger partial charge in [-0.05, 0) is 56.6 Å². The molecule has 3 nitrogen and oxygen atoms in total. The van der Waals surface area contributed by atoms with Gasteiger partial charge in [0.25, 0.3) is 0 Å². The van der Waals surface area contributed by atoms with E-state index in [-0.39, 0.29) is 0 Å². The van der Waals surface area contributed by atoms with E-state index in [1.54, 1.807) is 0 Å². The molecule has 0 amide bonds. The summed E-state index contributed by atoms with van der Waals surface area (Å²) in [5.74, 6) is 2.68. The summed E-state index contributed by atoms with van der Waals surface area (Å²) >= 11 is 6.01. The number of hydrogen-bond donors (Lipinski definition) is 1. The van der Waals surface area contributed by atoms with E-state index in [0.29, 0.717) is 6.61 Å². The molecule has 0 aliphatic carbocycles. The van der Waals surface area contributed by atoms with Crippen molar-refractivity contribution in [3.63, 3.8) is 0 Å². The minimum Gasteiger partial charge on any atom is -0.489 e. The van der Waals surface area contributed by atoms with Crippen LogP contribution in [-0.2, 0) is 13.2 Å². The maximum Gasteiger partial charge on any atom is 0.120 e. The number of hydrogen-bond acceptors (Lipinski definition) is 3. The Hall–Kier alpha value is -1.45. The second-order valence-corrected chi connectivity index (χ2v) is 5.58. The second kappa shape index (κ2) is 7.53. The molecular formula is C17H22ClNO2. The number of halogens is 1. The lowest BCUT2D eigenvalue weighted by Gasteiger charge is -2.06. The molecular weight excluding hydrogens is 286 g/mol. The van der Waals surface area contributed by atoms with Crippen molar-refractivity contribution in [2.75, 3.05) is 6.54 Å². The lowest BCUT2D eigenvalue weighted by atomic mass is 10.2. The summed E-state index contributed by atoms with van der Waals surface area (Å²) in [6, 6.07) is 7.74. The van der Waals surface area contributed by atoms with E-state index >= 15 is 0 Å². The monoisotopic (exact) mass is 307 g/mol. The third-order valence-corrected chi connectivity index (χ3v) is 3.75. The molecule has 0 aliphatic rings. The van der Waals surface area contributed by atoms with E-state index in [2.05, 4.69) is 18.3 Å². The highest BCUT2D eigenvalue weighted by Crippen LogP contribution is 2.23. The summed E-state index contributed by atoms with van der Waals surface area (Å²) in [5, 5.41) is 4.09. The van der Waals surface area contributed by atoms with Gasteiger partial charge in [-0.25, -0.2) is 0 Å². The zero-order valence-corrected chi connectivity index (χ0v) is 13.6. The minimum absolute atomic E-state index is 0.504. The number of aryl methyl sites for hydroxylation is 2. The highest BCUT2D eigenvalue weighted by molar-refractivity contribution is 6.31. The molecule has 0 aliphatic heterocycles. The molecule has 0 saturated carbocycles. The predicted molar refractivity (Wildman–Crippen MR) is 86.0 cm³/mol. The largest absolute Gasteiger partial charge is 0.489 e. The van der Waals surface area contributed by atoms with E-state index in [1.165, 1.54) is 0 Å². The standard InChI is InChI=1S/C17H22ClNO2/c1-4-7-19-10-16-9-14(13(3)21-16)11-20-15-5-6-17(18)12(2)8-15/h5-6,8-9,19H,4,7,10-11H2,1-3H3. The van der Waals surface area contributed by atoms with Gasteiger partial charge >= 0.3 is 0 Å². The molecule has 0 bridgehead atoms. The van der Waals surface area contributed by atoms with Gasteiger partial charge in [-0.15, -0.1) is 0 Å². The fraction of sp³-hybridized carbons (Fsp3) is 0.412. The Morgan fingerprint density at radius 3 is 2.76 bits per heavy atom. The summed E-state index contributed by atoms with van der Waals surface area (Å²) in [4.78, 5) is 0. The van der Waals surface area contributed by atoms with Gasteiger partial charge in [0, 0.05) is 10.6 Å². The fourth-order valence-electron chi connectivity index (χ4n) is 2.07. The summed E-state index contributed by atoms with van der Waals surface area (Å²) in [6.45, 7) is 8.34. The van der Waals surface area contributed by atoms with Crippen LogP contribution in [0.1, 0.15) is 36.0 Å². The highest BCUT2D eigenvalue weighted by atomic mass is 35.5. The van der Waals surface area contributed by atoms with Crippen LogP contribution in [-0.4, -0.2) is 6.54 Å². The molecule has 1 N–H and O–H groups in total. The van der Waals surface area contributed by atoms with Crippen LogP contribution in [0, 0.1) is 13.8 Å². The zero-order valence-electron chi connectivity index (χ0n) is 12.8. The molecule has 2 rings (SSSR count). The Morgan fingerprint density at radius 2 is 2.05 bits per heavy atom. The molecule has 21 heavy (non-hydrogen) atoms. The van der Waals surface area contributed by atoms with Gasteiger partial charge in [-0.2, -0.15) is 0 Å². The van der Waals surface area contributed by atoms with Crippen LogP contribution < -0.4 is 10.1 Å². The van der Waals surface area contributed by atoms with E-state index in [1.807, 2.05) is 32.0 Å². The number of nitrogens with one attached hydrogen (secondary N) is 1. The average molecular weight is 308 g/mol. The molecule has 0 spiro atoms. The van der Waals surface area contributed by atoms with Crippen LogP contribution in [0.4, 0.5) is 0 Å². The predicted octanol–water partition coefficient (Wildman–Crippen LogP) is 4.63. The first kappa shape index (κ1) is 15.9. The molecule has 4 heteroatoms. The third kappa shape index (κ3) is 4.51. The molecule has 0 unspecified atom stereocenters. The minimum atomic E-state index is 0.504. The Kier molecular flexibility index (Phi) is 5.71. The van der Waals surface area contributed by atoms with Crippen LogP contribution in [0.15, 0.2) is 28.7 Å². The second-order valence-electron chi connectivity index (χ2n) is 5.17. The summed E-state index contributed by atoms with van der Waals surface area (Å²) in [5.41, 5.74) is 2.10. The maximum absolute atomic E-state index is 6.01. The fourth-order valence-corrected chi connectivity index (χ4v) is 2.19. The van der Waals surface area contributed by atoms with Gasteiger partial charge in [-0.1, -0.05) is 18.5 Å². The van der Waals surface area contributed by atoms with Crippen molar-refractivity contribution in [1.82, 2.24) is 5.32 Å². The first-order chi connectivity index (χ1) is 10.1. The number of ether oxygens (including phenoxy) is 1. The van der Waals surface area contributed by atoms with Crippen molar-refractivity contribution >= 4 is 11.6 Å². The molecule has 0 fully saturated rings. The molecule has 0 saturated heterocycles.